The molecule has 0 fully saturated rings. The minimum Gasteiger partial charge on any atom is -0.292 e. The van der Waals surface area contributed by atoms with Crippen LogP contribution >= 0.6 is 0 Å². The molecule has 0 aliphatic carbocycles. The second-order valence-electron chi connectivity index (χ2n) is 4.95. The third-order valence-electron chi connectivity index (χ3n) is 2.75. The van der Waals surface area contributed by atoms with Gasteiger partial charge in [0.2, 0.25) is 0 Å². The lowest BCUT2D eigenvalue weighted by Gasteiger charge is -2.21. The summed E-state index contributed by atoms with van der Waals surface area (Å²) in [5.41, 5.74) is 4.38. The molecule has 74 valence electrons. The molecular weight excluding hydrogens is 170 g/mol. The zero-order valence-electron chi connectivity index (χ0n) is 9.17. The summed E-state index contributed by atoms with van der Waals surface area (Å²) in [6.07, 6.45) is 3.10. The lowest BCUT2D eigenvalue weighted by atomic mass is 9.85. The van der Waals surface area contributed by atoms with Gasteiger partial charge in [-0.2, -0.15) is 0 Å². The van der Waals surface area contributed by atoms with E-state index in [-0.39, 0.29) is 5.41 Å². The van der Waals surface area contributed by atoms with Crippen molar-refractivity contribution in [1.29, 1.82) is 0 Å². The van der Waals surface area contributed by atoms with E-state index in [0.29, 0.717) is 0 Å². The molecule has 0 radical (unpaired) electrons. The average Bonchev–Trinajstić information content (AvgIpc) is 2.16. The molecule has 1 aliphatic rings. The van der Waals surface area contributed by atoms with Gasteiger partial charge in [0.05, 0.1) is 0 Å². The highest BCUT2D eigenvalue weighted by molar-refractivity contribution is 5.83. The van der Waals surface area contributed by atoms with Gasteiger partial charge in [-0.05, 0) is 34.6 Å². The van der Waals surface area contributed by atoms with Crippen molar-refractivity contribution in [3.63, 3.8) is 0 Å². The smallest absolute Gasteiger partial charge is 0.0430 e. The zero-order chi connectivity index (χ0) is 10.2. The predicted octanol–water partition coefficient (Wildman–Crippen LogP) is 2.96. The Bertz CT molecular complexity index is 369. The van der Waals surface area contributed by atoms with Crippen LogP contribution in [0.2, 0.25) is 0 Å². The zero-order valence-corrected chi connectivity index (χ0v) is 9.17. The van der Waals surface area contributed by atoms with E-state index >= 15 is 0 Å². The monoisotopic (exact) mass is 187 g/mol. The minimum atomic E-state index is 0.236. The molecular formula is C13H17N. The summed E-state index contributed by atoms with van der Waals surface area (Å²) in [6.45, 7) is 7.68. The molecule has 1 aliphatic heterocycles. The van der Waals surface area contributed by atoms with Gasteiger partial charge in [0.1, 0.15) is 0 Å². The third kappa shape index (κ3) is 1.72. The molecule has 1 heterocycles. The van der Waals surface area contributed by atoms with Gasteiger partial charge in [0.25, 0.3) is 0 Å². The maximum Gasteiger partial charge on any atom is 0.0430 e. The molecule has 0 saturated heterocycles. The van der Waals surface area contributed by atoms with Gasteiger partial charge in [-0.25, -0.2) is 0 Å². The largest absolute Gasteiger partial charge is 0.292 e. The second-order valence-corrected chi connectivity index (χ2v) is 4.95. The fraction of sp³-hybridized carbons (Fsp3) is 0.462. The topological polar surface area (TPSA) is 12.4 Å². The Labute approximate surface area is 85.9 Å². The summed E-state index contributed by atoms with van der Waals surface area (Å²) in [5, 5.41) is 0. The first-order valence-electron chi connectivity index (χ1n) is 5.20. The molecule has 1 aromatic carbocycles. The highest BCUT2D eigenvalue weighted by Crippen LogP contribution is 2.25. The molecule has 2 rings (SSSR count). The summed E-state index contributed by atoms with van der Waals surface area (Å²) >= 11 is 0. The van der Waals surface area contributed by atoms with Gasteiger partial charge < -0.3 is 0 Å². The van der Waals surface area contributed by atoms with Gasteiger partial charge in [-0.3, -0.25) is 4.99 Å². The first-order valence-corrected chi connectivity index (χ1v) is 5.20. The van der Waals surface area contributed by atoms with Crippen LogP contribution in [0, 0.1) is 0 Å². The van der Waals surface area contributed by atoms with Crippen molar-refractivity contribution < 1.29 is 0 Å². The Morgan fingerprint density at radius 3 is 2.71 bits per heavy atom. The van der Waals surface area contributed by atoms with Crippen LogP contribution in [0.15, 0.2) is 23.2 Å². The van der Waals surface area contributed by atoms with Gasteiger partial charge in [0.15, 0.2) is 0 Å². The Balaban J connectivity index is 2.45. The second kappa shape index (κ2) is 3.23. The molecule has 1 aromatic rings. The Hall–Kier alpha value is -1.11. The van der Waals surface area contributed by atoms with Gasteiger partial charge >= 0.3 is 0 Å². The maximum atomic E-state index is 4.32. The van der Waals surface area contributed by atoms with Gasteiger partial charge in [-0.1, -0.05) is 32.9 Å². The average molecular weight is 187 g/mol. The van der Waals surface area contributed by atoms with Crippen molar-refractivity contribution in [2.24, 2.45) is 4.99 Å². The number of hydrogen-bond acceptors (Lipinski definition) is 1. The minimum absolute atomic E-state index is 0.236. The fourth-order valence-electron chi connectivity index (χ4n) is 1.76. The quantitative estimate of drug-likeness (QED) is 0.592. The Morgan fingerprint density at radius 1 is 1.21 bits per heavy atom. The summed E-state index contributed by atoms with van der Waals surface area (Å²) in [7, 11) is 0. The van der Waals surface area contributed by atoms with Crippen molar-refractivity contribution in [1.82, 2.24) is 0 Å². The summed E-state index contributed by atoms with van der Waals surface area (Å²) in [6, 6.07) is 6.77. The van der Waals surface area contributed by atoms with Crippen molar-refractivity contribution in [3.8, 4) is 0 Å². The van der Waals surface area contributed by atoms with Crippen LogP contribution in [0.5, 0.6) is 0 Å². The number of hydrogen-bond donors (Lipinski definition) is 0. The summed E-state index contributed by atoms with van der Waals surface area (Å²) < 4.78 is 0. The van der Waals surface area contributed by atoms with E-state index in [1.807, 2.05) is 6.21 Å². The Morgan fingerprint density at radius 2 is 2.00 bits per heavy atom. The number of aliphatic imine (C=N–C) groups is 1. The van der Waals surface area contributed by atoms with E-state index in [4.69, 9.17) is 0 Å². The molecule has 1 nitrogen and oxygen atoms in total. The number of benzene rings is 1. The number of nitrogens with zero attached hydrogens (tertiary/aromatic N) is 1. The van der Waals surface area contributed by atoms with E-state index in [1.54, 1.807) is 0 Å². The molecule has 0 atom stereocenters. The first kappa shape index (κ1) is 9.45. The third-order valence-corrected chi connectivity index (χ3v) is 2.75. The van der Waals surface area contributed by atoms with Crippen LogP contribution in [0.4, 0.5) is 0 Å². The molecule has 1 heteroatoms. The molecule has 0 amide bonds. The predicted molar refractivity (Wildman–Crippen MR) is 61.3 cm³/mol. The van der Waals surface area contributed by atoms with Crippen LogP contribution in [-0.2, 0) is 11.8 Å². The standard InChI is InChI=1S/C13H17N/c1-13(2,3)12-5-4-10-6-7-14-9-11(10)8-12/h4-5,8-9H,6-7H2,1-3H3. The van der Waals surface area contributed by atoms with Crippen molar-refractivity contribution in [2.75, 3.05) is 6.54 Å². The van der Waals surface area contributed by atoms with Gasteiger partial charge in [0, 0.05) is 12.8 Å². The van der Waals surface area contributed by atoms with Gasteiger partial charge in [-0.15, -0.1) is 0 Å². The van der Waals surface area contributed by atoms with E-state index in [0.717, 1.165) is 13.0 Å². The lowest BCUT2D eigenvalue weighted by Crippen LogP contribution is -2.13. The molecule has 0 N–H and O–H groups in total. The molecule has 0 bridgehead atoms. The molecule has 0 aromatic heterocycles. The SMILES string of the molecule is CC(C)(C)c1ccc2c(c1)C=NCC2. The summed E-state index contributed by atoms with van der Waals surface area (Å²) in [4.78, 5) is 4.32. The molecule has 0 unspecified atom stereocenters. The van der Waals surface area contributed by atoms with Crippen LogP contribution in [0.1, 0.15) is 37.5 Å². The molecule has 14 heavy (non-hydrogen) atoms. The number of fused-ring (bicyclic) bond motifs is 1. The van der Waals surface area contributed by atoms with Crippen LogP contribution in [0.25, 0.3) is 0 Å². The highest BCUT2D eigenvalue weighted by Gasteiger charge is 2.15. The van der Waals surface area contributed by atoms with Crippen LogP contribution in [-0.4, -0.2) is 12.8 Å². The van der Waals surface area contributed by atoms with Crippen LogP contribution < -0.4 is 0 Å². The van der Waals surface area contributed by atoms with E-state index in [9.17, 15) is 0 Å². The summed E-state index contributed by atoms with van der Waals surface area (Å²) in [5.74, 6) is 0. The Kier molecular flexibility index (Phi) is 2.18. The highest BCUT2D eigenvalue weighted by atomic mass is 14.7. The van der Waals surface area contributed by atoms with Crippen LogP contribution in [0.3, 0.4) is 0 Å². The van der Waals surface area contributed by atoms with E-state index < -0.39 is 0 Å². The first-order chi connectivity index (χ1) is 6.57. The van der Waals surface area contributed by atoms with Crippen molar-refractivity contribution in [3.05, 3.63) is 34.9 Å². The molecule has 0 spiro atoms. The van der Waals surface area contributed by atoms with E-state index in [2.05, 4.69) is 44.0 Å². The van der Waals surface area contributed by atoms with Crippen molar-refractivity contribution >= 4 is 6.21 Å². The molecule has 0 saturated carbocycles. The van der Waals surface area contributed by atoms with E-state index in [1.165, 1.54) is 16.7 Å². The number of rotatable bonds is 0. The maximum absolute atomic E-state index is 4.32. The lowest BCUT2D eigenvalue weighted by molar-refractivity contribution is 0.589. The fourth-order valence-corrected chi connectivity index (χ4v) is 1.76. The normalized spacial score (nSPS) is 15.4. The van der Waals surface area contributed by atoms with Crippen molar-refractivity contribution in [2.45, 2.75) is 32.6 Å².